The van der Waals surface area contributed by atoms with Gasteiger partial charge >= 0.3 is 5.97 Å². The first-order valence-electron chi connectivity index (χ1n) is 5.15. The molecule has 0 aromatic rings. The van der Waals surface area contributed by atoms with Gasteiger partial charge < -0.3 is 10.0 Å². The number of carbonyl (C=O) groups is 2. The minimum Gasteiger partial charge on any atom is -0.481 e. The minimum atomic E-state index is -0.745. The molecular weight excluding hydrogens is 182 g/mol. The van der Waals surface area contributed by atoms with Gasteiger partial charge in [-0.2, -0.15) is 0 Å². The SMILES string of the molecule is CCN1C(=O)C[C@H]2C[C@@H](C(=O)O)[C@@H]1C2. The molecule has 2 fully saturated rings. The maximum Gasteiger partial charge on any atom is 0.308 e. The second-order valence-corrected chi connectivity index (χ2v) is 4.23. The van der Waals surface area contributed by atoms with Crippen LogP contribution in [-0.4, -0.2) is 34.5 Å². The molecule has 0 aromatic carbocycles. The first kappa shape index (κ1) is 9.49. The molecule has 0 radical (unpaired) electrons. The molecule has 1 aliphatic carbocycles. The van der Waals surface area contributed by atoms with E-state index in [1.807, 2.05) is 6.92 Å². The van der Waals surface area contributed by atoms with Crippen LogP contribution in [0, 0.1) is 11.8 Å². The Morgan fingerprint density at radius 1 is 1.57 bits per heavy atom. The predicted molar refractivity (Wildman–Crippen MR) is 49.6 cm³/mol. The predicted octanol–water partition coefficient (Wildman–Crippen LogP) is 0.718. The summed E-state index contributed by atoms with van der Waals surface area (Å²) in [5.74, 6) is -0.619. The Bertz CT molecular complexity index is 275. The summed E-state index contributed by atoms with van der Waals surface area (Å²) >= 11 is 0. The third kappa shape index (κ3) is 1.29. The number of aliphatic carboxylic acids is 1. The van der Waals surface area contributed by atoms with Gasteiger partial charge in [-0.25, -0.2) is 0 Å². The fourth-order valence-corrected chi connectivity index (χ4v) is 2.85. The van der Waals surface area contributed by atoms with Crippen molar-refractivity contribution < 1.29 is 14.7 Å². The lowest BCUT2D eigenvalue weighted by Crippen LogP contribution is -2.46. The minimum absolute atomic E-state index is 0.0382. The summed E-state index contributed by atoms with van der Waals surface area (Å²) in [6.07, 6.45) is 2.12. The van der Waals surface area contributed by atoms with Crippen molar-refractivity contribution in [3.8, 4) is 0 Å². The molecule has 0 unspecified atom stereocenters. The molecule has 4 heteroatoms. The van der Waals surface area contributed by atoms with Gasteiger partial charge in [0.25, 0.3) is 0 Å². The summed E-state index contributed by atoms with van der Waals surface area (Å²) in [5.41, 5.74) is 0. The van der Waals surface area contributed by atoms with Gasteiger partial charge in [-0.05, 0) is 25.7 Å². The molecule has 14 heavy (non-hydrogen) atoms. The molecule has 3 atom stereocenters. The van der Waals surface area contributed by atoms with Gasteiger partial charge in [0.1, 0.15) is 0 Å². The van der Waals surface area contributed by atoms with Crippen LogP contribution in [0.3, 0.4) is 0 Å². The van der Waals surface area contributed by atoms with Gasteiger partial charge in [0.15, 0.2) is 0 Å². The monoisotopic (exact) mass is 197 g/mol. The van der Waals surface area contributed by atoms with Crippen LogP contribution in [0.1, 0.15) is 26.2 Å². The number of amides is 1. The average molecular weight is 197 g/mol. The molecule has 1 amide bonds. The van der Waals surface area contributed by atoms with Crippen molar-refractivity contribution in [2.75, 3.05) is 6.54 Å². The van der Waals surface area contributed by atoms with Crippen LogP contribution in [0.15, 0.2) is 0 Å². The molecule has 0 spiro atoms. The number of rotatable bonds is 2. The Morgan fingerprint density at radius 2 is 2.29 bits per heavy atom. The van der Waals surface area contributed by atoms with E-state index in [0.29, 0.717) is 25.3 Å². The maximum atomic E-state index is 11.6. The first-order chi connectivity index (χ1) is 6.63. The summed E-state index contributed by atoms with van der Waals surface area (Å²) in [6, 6.07) is -0.0382. The van der Waals surface area contributed by atoms with E-state index < -0.39 is 5.97 Å². The number of likely N-dealkylation sites (tertiary alicyclic amines) is 1. The number of carboxylic acid groups (broad SMARTS) is 1. The van der Waals surface area contributed by atoms with Crippen molar-refractivity contribution in [1.82, 2.24) is 4.90 Å². The van der Waals surface area contributed by atoms with Crippen molar-refractivity contribution in [3.63, 3.8) is 0 Å². The van der Waals surface area contributed by atoms with Crippen LogP contribution in [0.4, 0.5) is 0 Å². The van der Waals surface area contributed by atoms with Crippen LogP contribution >= 0.6 is 0 Å². The molecule has 1 aliphatic heterocycles. The van der Waals surface area contributed by atoms with Crippen LogP contribution in [-0.2, 0) is 9.59 Å². The Hall–Kier alpha value is -1.06. The molecule has 2 bridgehead atoms. The van der Waals surface area contributed by atoms with Crippen molar-refractivity contribution >= 4 is 11.9 Å². The van der Waals surface area contributed by atoms with Gasteiger partial charge in [0, 0.05) is 19.0 Å². The third-order valence-corrected chi connectivity index (χ3v) is 3.47. The van der Waals surface area contributed by atoms with E-state index >= 15 is 0 Å². The van der Waals surface area contributed by atoms with Gasteiger partial charge in [-0.1, -0.05) is 0 Å². The van der Waals surface area contributed by atoms with Crippen molar-refractivity contribution in [2.45, 2.75) is 32.2 Å². The van der Waals surface area contributed by atoms with Gasteiger partial charge in [0.2, 0.25) is 5.91 Å². The Labute approximate surface area is 82.9 Å². The van der Waals surface area contributed by atoms with Crippen LogP contribution in [0.2, 0.25) is 0 Å². The average Bonchev–Trinajstić information content (AvgIpc) is 2.45. The number of hydrogen-bond donors (Lipinski definition) is 1. The van der Waals surface area contributed by atoms with Crippen molar-refractivity contribution in [2.24, 2.45) is 11.8 Å². The number of hydrogen-bond acceptors (Lipinski definition) is 2. The molecular formula is C10H15NO3. The van der Waals surface area contributed by atoms with Crippen LogP contribution < -0.4 is 0 Å². The van der Waals surface area contributed by atoms with Gasteiger partial charge in [0.05, 0.1) is 5.92 Å². The molecule has 1 heterocycles. The molecule has 4 nitrogen and oxygen atoms in total. The second kappa shape index (κ2) is 3.26. The lowest BCUT2D eigenvalue weighted by molar-refractivity contribution is -0.145. The Morgan fingerprint density at radius 3 is 2.86 bits per heavy atom. The first-order valence-corrected chi connectivity index (χ1v) is 5.15. The van der Waals surface area contributed by atoms with E-state index in [1.54, 1.807) is 4.90 Å². The second-order valence-electron chi connectivity index (χ2n) is 4.23. The Kier molecular flexibility index (Phi) is 2.21. The van der Waals surface area contributed by atoms with Crippen LogP contribution in [0.25, 0.3) is 0 Å². The lowest BCUT2D eigenvalue weighted by Gasteiger charge is -2.33. The highest BCUT2D eigenvalue weighted by atomic mass is 16.4. The van der Waals surface area contributed by atoms with E-state index in [4.69, 9.17) is 5.11 Å². The number of fused-ring (bicyclic) bond motifs is 2. The molecule has 1 saturated heterocycles. The number of nitrogens with zero attached hydrogens (tertiary/aromatic N) is 1. The molecule has 2 aliphatic rings. The summed E-state index contributed by atoms with van der Waals surface area (Å²) in [6.45, 7) is 2.55. The van der Waals surface area contributed by atoms with Crippen molar-refractivity contribution in [3.05, 3.63) is 0 Å². The zero-order chi connectivity index (χ0) is 10.3. The van der Waals surface area contributed by atoms with E-state index in [1.165, 1.54) is 0 Å². The number of carboxylic acids is 1. The zero-order valence-electron chi connectivity index (χ0n) is 8.27. The lowest BCUT2D eigenvalue weighted by atomic mass is 9.98. The van der Waals surface area contributed by atoms with Gasteiger partial charge in [-0.3, -0.25) is 9.59 Å². The molecule has 1 saturated carbocycles. The molecule has 78 valence electrons. The molecule has 2 rings (SSSR count). The third-order valence-electron chi connectivity index (χ3n) is 3.47. The Balaban J connectivity index is 2.21. The topological polar surface area (TPSA) is 57.6 Å². The number of carbonyl (C=O) groups excluding carboxylic acids is 1. The largest absolute Gasteiger partial charge is 0.481 e. The van der Waals surface area contributed by atoms with Crippen LogP contribution in [0.5, 0.6) is 0 Å². The normalized spacial score (nSPS) is 36.2. The summed E-state index contributed by atoms with van der Waals surface area (Å²) in [7, 11) is 0. The zero-order valence-corrected chi connectivity index (χ0v) is 8.27. The smallest absolute Gasteiger partial charge is 0.308 e. The summed E-state index contributed by atoms with van der Waals surface area (Å²) in [4.78, 5) is 24.3. The quantitative estimate of drug-likeness (QED) is 0.709. The summed E-state index contributed by atoms with van der Waals surface area (Å²) < 4.78 is 0. The van der Waals surface area contributed by atoms with E-state index in [0.717, 1.165) is 6.42 Å². The van der Waals surface area contributed by atoms with E-state index in [-0.39, 0.29) is 17.9 Å². The highest BCUT2D eigenvalue weighted by Gasteiger charge is 2.47. The fraction of sp³-hybridized carbons (Fsp3) is 0.800. The highest BCUT2D eigenvalue weighted by Crippen LogP contribution is 2.41. The van der Waals surface area contributed by atoms with E-state index in [9.17, 15) is 9.59 Å². The summed E-state index contributed by atoms with van der Waals surface area (Å²) in [5, 5.41) is 9.02. The maximum absolute atomic E-state index is 11.6. The molecule has 0 aromatic heterocycles. The van der Waals surface area contributed by atoms with Gasteiger partial charge in [-0.15, -0.1) is 0 Å². The molecule has 1 N–H and O–H groups in total. The fourth-order valence-electron chi connectivity index (χ4n) is 2.85. The number of piperidine rings is 1. The van der Waals surface area contributed by atoms with Crippen molar-refractivity contribution in [1.29, 1.82) is 0 Å². The standard InChI is InChI=1S/C10H15NO3/c1-2-11-8-4-6(5-9(11)12)3-7(8)10(13)14/h6-8H,2-5H2,1H3,(H,13,14)/t6-,7+,8-/m0/s1. The highest BCUT2D eigenvalue weighted by molar-refractivity contribution is 5.81. The van der Waals surface area contributed by atoms with E-state index in [2.05, 4.69) is 0 Å².